The van der Waals surface area contributed by atoms with Crippen LogP contribution in [-0.2, 0) is 0 Å². The lowest BCUT2D eigenvalue weighted by Gasteiger charge is -2.17. The van der Waals surface area contributed by atoms with E-state index < -0.39 is 0 Å². The summed E-state index contributed by atoms with van der Waals surface area (Å²) in [7, 11) is 1.58. The number of nitrogens with one attached hydrogen (secondary N) is 1. The van der Waals surface area contributed by atoms with Crippen LogP contribution in [0.5, 0.6) is 11.5 Å². The van der Waals surface area contributed by atoms with E-state index in [4.69, 9.17) is 20.6 Å². The molecule has 1 aromatic carbocycles. The minimum atomic E-state index is 0.0123. The van der Waals surface area contributed by atoms with Crippen LogP contribution in [0.1, 0.15) is 32.3 Å². The Morgan fingerprint density at radius 3 is 2.29 bits per heavy atom. The highest BCUT2D eigenvalue weighted by atomic mass is 16.5. The Bertz CT molecular complexity index is 387. The second-order valence-corrected chi connectivity index (χ2v) is 3.87. The second kappa shape index (κ2) is 6.13. The first kappa shape index (κ1) is 13.4. The molecule has 4 nitrogen and oxygen atoms in total. The summed E-state index contributed by atoms with van der Waals surface area (Å²) in [4.78, 5) is 0. The van der Waals surface area contributed by atoms with E-state index in [1.807, 2.05) is 6.07 Å². The van der Waals surface area contributed by atoms with Crippen molar-refractivity contribution in [2.24, 2.45) is 5.73 Å². The van der Waals surface area contributed by atoms with Gasteiger partial charge in [-0.2, -0.15) is 0 Å². The van der Waals surface area contributed by atoms with Gasteiger partial charge in [0, 0.05) is 11.6 Å². The van der Waals surface area contributed by atoms with Crippen molar-refractivity contribution in [3.63, 3.8) is 0 Å². The number of hydrogen-bond acceptors (Lipinski definition) is 3. The molecule has 0 saturated heterocycles. The highest BCUT2D eigenvalue weighted by molar-refractivity contribution is 5.95. The SMILES string of the molecule is CCC(CC)Oc1cc(OC)cc(C(=N)N)c1. The fraction of sp³-hybridized carbons (Fsp3) is 0.462. The summed E-state index contributed by atoms with van der Waals surface area (Å²) < 4.78 is 11.0. The topological polar surface area (TPSA) is 68.3 Å². The summed E-state index contributed by atoms with van der Waals surface area (Å²) in [6.07, 6.45) is 2.08. The van der Waals surface area contributed by atoms with Crippen molar-refractivity contribution in [3.8, 4) is 11.5 Å². The summed E-state index contributed by atoms with van der Waals surface area (Å²) in [6, 6.07) is 5.30. The number of ether oxygens (including phenoxy) is 2. The molecule has 0 fully saturated rings. The van der Waals surface area contributed by atoms with Crippen LogP contribution in [0.15, 0.2) is 18.2 Å². The maximum absolute atomic E-state index is 7.44. The molecule has 0 aliphatic heterocycles. The average molecular weight is 236 g/mol. The van der Waals surface area contributed by atoms with Gasteiger partial charge in [-0.25, -0.2) is 0 Å². The lowest BCUT2D eigenvalue weighted by molar-refractivity contribution is 0.192. The first-order chi connectivity index (χ1) is 8.10. The van der Waals surface area contributed by atoms with Crippen molar-refractivity contribution >= 4 is 5.84 Å². The van der Waals surface area contributed by atoms with Gasteiger partial charge in [0.15, 0.2) is 0 Å². The van der Waals surface area contributed by atoms with Crippen LogP contribution in [0.2, 0.25) is 0 Å². The predicted molar refractivity (Wildman–Crippen MR) is 69.0 cm³/mol. The highest BCUT2D eigenvalue weighted by Gasteiger charge is 2.09. The molecule has 0 spiro atoms. The molecular formula is C13H20N2O2. The van der Waals surface area contributed by atoms with Gasteiger partial charge in [0.05, 0.1) is 13.2 Å². The smallest absolute Gasteiger partial charge is 0.124 e. The molecule has 17 heavy (non-hydrogen) atoms. The summed E-state index contributed by atoms with van der Waals surface area (Å²) in [5, 5.41) is 7.44. The van der Waals surface area contributed by atoms with Gasteiger partial charge < -0.3 is 15.2 Å². The average Bonchev–Trinajstić information content (AvgIpc) is 2.35. The van der Waals surface area contributed by atoms with Crippen LogP contribution in [0.3, 0.4) is 0 Å². The summed E-state index contributed by atoms with van der Waals surface area (Å²) in [5.74, 6) is 1.36. The van der Waals surface area contributed by atoms with Gasteiger partial charge in [-0.1, -0.05) is 13.8 Å². The lowest BCUT2D eigenvalue weighted by atomic mass is 10.1. The van der Waals surface area contributed by atoms with Gasteiger partial charge in [-0.15, -0.1) is 0 Å². The molecule has 3 N–H and O–H groups in total. The fourth-order valence-corrected chi connectivity index (χ4v) is 1.56. The molecule has 1 aromatic rings. The minimum Gasteiger partial charge on any atom is -0.497 e. The number of amidine groups is 1. The molecule has 0 heterocycles. The third-order valence-electron chi connectivity index (χ3n) is 2.64. The second-order valence-electron chi connectivity index (χ2n) is 3.87. The van der Waals surface area contributed by atoms with Gasteiger partial charge in [-0.05, 0) is 25.0 Å². The Morgan fingerprint density at radius 2 is 1.82 bits per heavy atom. The number of nitrogens with two attached hydrogens (primary N) is 1. The number of nitrogen functional groups attached to an aromatic ring is 1. The quantitative estimate of drug-likeness (QED) is 0.589. The summed E-state index contributed by atoms with van der Waals surface area (Å²) >= 11 is 0. The molecule has 0 amide bonds. The lowest BCUT2D eigenvalue weighted by Crippen LogP contribution is -2.15. The van der Waals surface area contributed by atoms with Crippen molar-refractivity contribution in [1.82, 2.24) is 0 Å². The zero-order chi connectivity index (χ0) is 12.8. The standard InChI is InChI=1S/C13H20N2O2/c1-4-10(5-2)17-12-7-9(13(14)15)6-11(8-12)16-3/h6-8,10H,4-5H2,1-3H3,(H3,14,15). The van der Waals surface area contributed by atoms with Gasteiger partial charge in [-0.3, -0.25) is 5.41 Å². The molecule has 0 aromatic heterocycles. The van der Waals surface area contributed by atoms with Crippen molar-refractivity contribution in [2.45, 2.75) is 32.8 Å². The molecule has 94 valence electrons. The molecule has 4 heteroatoms. The molecule has 1 rings (SSSR count). The van der Waals surface area contributed by atoms with E-state index in [1.165, 1.54) is 0 Å². The first-order valence-corrected chi connectivity index (χ1v) is 5.80. The van der Waals surface area contributed by atoms with Crippen LogP contribution >= 0.6 is 0 Å². The zero-order valence-corrected chi connectivity index (χ0v) is 10.6. The monoisotopic (exact) mass is 236 g/mol. The van der Waals surface area contributed by atoms with Gasteiger partial charge in [0.2, 0.25) is 0 Å². The van der Waals surface area contributed by atoms with E-state index in [1.54, 1.807) is 19.2 Å². The van der Waals surface area contributed by atoms with Crippen LogP contribution in [0.25, 0.3) is 0 Å². The van der Waals surface area contributed by atoms with E-state index in [9.17, 15) is 0 Å². The van der Waals surface area contributed by atoms with E-state index in [2.05, 4.69) is 13.8 Å². The Balaban J connectivity index is 2.98. The summed E-state index contributed by atoms with van der Waals surface area (Å²) in [5.41, 5.74) is 6.09. The third-order valence-corrected chi connectivity index (χ3v) is 2.64. The maximum atomic E-state index is 7.44. The van der Waals surface area contributed by atoms with Crippen molar-refractivity contribution in [3.05, 3.63) is 23.8 Å². The van der Waals surface area contributed by atoms with Crippen molar-refractivity contribution < 1.29 is 9.47 Å². The molecular weight excluding hydrogens is 216 g/mol. The number of hydrogen-bond donors (Lipinski definition) is 2. The van der Waals surface area contributed by atoms with E-state index in [-0.39, 0.29) is 11.9 Å². The molecule has 0 saturated carbocycles. The highest BCUT2D eigenvalue weighted by Crippen LogP contribution is 2.24. The zero-order valence-electron chi connectivity index (χ0n) is 10.6. The van der Waals surface area contributed by atoms with Crippen molar-refractivity contribution in [1.29, 1.82) is 5.41 Å². The third kappa shape index (κ3) is 3.66. The Morgan fingerprint density at radius 1 is 1.24 bits per heavy atom. The number of benzene rings is 1. The molecule has 0 unspecified atom stereocenters. The van der Waals surface area contributed by atoms with Crippen LogP contribution in [-0.4, -0.2) is 19.0 Å². The number of methoxy groups -OCH3 is 1. The molecule has 0 aliphatic rings. The van der Waals surface area contributed by atoms with Crippen molar-refractivity contribution in [2.75, 3.05) is 7.11 Å². The largest absolute Gasteiger partial charge is 0.497 e. The van der Waals surface area contributed by atoms with Gasteiger partial charge in [0.1, 0.15) is 17.3 Å². The Kier molecular flexibility index (Phi) is 4.82. The van der Waals surface area contributed by atoms with E-state index in [0.717, 1.165) is 12.8 Å². The first-order valence-electron chi connectivity index (χ1n) is 5.80. The molecule has 0 atom stereocenters. The molecule has 0 bridgehead atoms. The fourth-order valence-electron chi connectivity index (χ4n) is 1.56. The normalized spacial score (nSPS) is 10.4. The van der Waals surface area contributed by atoms with E-state index >= 15 is 0 Å². The Hall–Kier alpha value is -1.71. The Labute approximate surface area is 102 Å². The minimum absolute atomic E-state index is 0.0123. The molecule has 0 radical (unpaired) electrons. The van der Waals surface area contributed by atoms with Gasteiger partial charge >= 0.3 is 0 Å². The van der Waals surface area contributed by atoms with Crippen LogP contribution in [0, 0.1) is 5.41 Å². The van der Waals surface area contributed by atoms with Crippen LogP contribution in [0.4, 0.5) is 0 Å². The molecule has 0 aliphatic carbocycles. The van der Waals surface area contributed by atoms with E-state index in [0.29, 0.717) is 17.1 Å². The number of rotatable bonds is 6. The predicted octanol–water partition coefficient (Wildman–Crippen LogP) is 2.55. The maximum Gasteiger partial charge on any atom is 0.124 e. The summed E-state index contributed by atoms with van der Waals surface area (Å²) in [6.45, 7) is 4.17. The van der Waals surface area contributed by atoms with Gasteiger partial charge in [0.25, 0.3) is 0 Å². The van der Waals surface area contributed by atoms with Crippen LogP contribution < -0.4 is 15.2 Å².